The zero-order valence-corrected chi connectivity index (χ0v) is 7.49. The SMILES string of the molecule is C=C1C=C(C(C)(C)C)NCN1. The Hall–Kier alpha value is -0.920. The van der Waals surface area contributed by atoms with Gasteiger partial charge >= 0.3 is 0 Å². The van der Waals surface area contributed by atoms with Crippen LogP contribution in [0.1, 0.15) is 20.8 Å². The van der Waals surface area contributed by atoms with E-state index in [1.807, 2.05) is 0 Å². The molecule has 0 saturated carbocycles. The summed E-state index contributed by atoms with van der Waals surface area (Å²) in [7, 11) is 0. The van der Waals surface area contributed by atoms with E-state index in [9.17, 15) is 0 Å². The van der Waals surface area contributed by atoms with Crippen molar-refractivity contribution in [1.29, 1.82) is 0 Å². The van der Waals surface area contributed by atoms with Gasteiger partial charge in [-0.3, -0.25) is 0 Å². The van der Waals surface area contributed by atoms with Crippen molar-refractivity contribution in [2.75, 3.05) is 6.67 Å². The third-order valence-electron chi connectivity index (χ3n) is 1.72. The summed E-state index contributed by atoms with van der Waals surface area (Å²) in [5.41, 5.74) is 2.44. The Morgan fingerprint density at radius 3 is 2.36 bits per heavy atom. The molecule has 0 amide bonds. The van der Waals surface area contributed by atoms with Crippen LogP contribution in [0.15, 0.2) is 24.0 Å². The van der Waals surface area contributed by atoms with Gasteiger partial charge in [0, 0.05) is 16.8 Å². The number of rotatable bonds is 0. The van der Waals surface area contributed by atoms with E-state index < -0.39 is 0 Å². The van der Waals surface area contributed by atoms with Crippen molar-refractivity contribution in [3.63, 3.8) is 0 Å². The van der Waals surface area contributed by atoms with Gasteiger partial charge in [0.05, 0.1) is 6.67 Å². The molecule has 0 fully saturated rings. The summed E-state index contributed by atoms with van der Waals surface area (Å²) in [6, 6.07) is 0. The first-order chi connectivity index (χ1) is 5.00. The normalized spacial score (nSPS) is 18.5. The highest BCUT2D eigenvalue weighted by Gasteiger charge is 2.18. The summed E-state index contributed by atoms with van der Waals surface area (Å²) in [5, 5.41) is 6.38. The van der Waals surface area contributed by atoms with Crippen molar-refractivity contribution in [3.05, 3.63) is 24.0 Å². The molecule has 2 heteroatoms. The first-order valence-electron chi connectivity index (χ1n) is 3.89. The Balaban J connectivity index is 2.79. The zero-order valence-electron chi connectivity index (χ0n) is 7.49. The number of nitrogens with one attached hydrogen (secondary N) is 2. The molecule has 2 N–H and O–H groups in total. The minimum Gasteiger partial charge on any atom is -0.371 e. The van der Waals surface area contributed by atoms with Crippen LogP contribution in [0, 0.1) is 5.41 Å². The Bertz CT molecular complexity index is 196. The molecule has 2 nitrogen and oxygen atoms in total. The van der Waals surface area contributed by atoms with Gasteiger partial charge < -0.3 is 10.6 Å². The minimum absolute atomic E-state index is 0.199. The van der Waals surface area contributed by atoms with Gasteiger partial charge in [0.15, 0.2) is 0 Å². The molecule has 0 saturated heterocycles. The van der Waals surface area contributed by atoms with Gasteiger partial charge in [0.2, 0.25) is 0 Å². The van der Waals surface area contributed by atoms with E-state index in [4.69, 9.17) is 0 Å². The fraction of sp³-hybridized carbons (Fsp3) is 0.556. The van der Waals surface area contributed by atoms with Gasteiger partial charge in [0.1, 0.15) is 0 Å². The van der Waals surface area contributed by atoms with Crippen LogP contribution in [-0.4, -0.2) is 6.67 Å². The van der Waals surface area contributed by atoms with Gasteiger partial charge in [0.25, 0.3) is 0 Å². The largest absolute Gasteiger partial charge is 0.371 e. The topological polar surface area (TPSA) is 24.1 Å². The van der Waals surface area contributed by atoms with Crippen LogP contribution < -0.4 is 10.6 Å². The molecule has 0 aromatic rings. The number of hydrogen-bond donors (Lipinski definition) is 2. The van der Waals surface area contributed by atoms with E-state index in [0.29, 0.717) is 0 Å². The molecule has 1 heterocycles. The van der Waals surface area contributed by atoms with E-state index >= 15 is 0 Å². The number of allylic oxidation sites excluding steroid dienone is 2. The Kier molecular flexibility index (Phi) is 1.94. The Morgan fingerprint density at radius 2 is 2.00 bits per heavy atom. The Morgan fingerprint density at radius 1 is 1.36 bits per heavy atom. The summed E-state index contributed by atoms with van der Waals surface area (Å²) < 4.78 is 0. The van der Waals surface area contributed by atoms with Crippen molar-refractivity contribution < 1.29 is 0 Å². The van der Waals surface area contributed by atoms with Crippen molar-refractivity contribution in [2.45, 2.75) is 20.8 Å². The molecule has 1 rings (SSSR count). The zero-order chi connectivity index (χ0) is 8.48. The quantitative estimate of drug-likeness (QED) is 0.550. The molecule has 0 aromatic carbocycles. The standard InChI is InChI=1S/C9H16N2/c1-7-5-8(9(2,3)4)11-6-10-7/h5,10-11H,1,6H2,2-4H3. The van der Waals surface area contributed by atoms with Gasteiger partial charge in [-0.1, -0.05) is 27.4 Å². The van der Waals surface area contributed by atoms with Gasteiger partial charge in [-0.05, 0) is 6.08 Å². The molecular weight excluding hydrogens is 136 g/mol. The molecule has 0 aliphatic carbocycles. The first-order valence-corrected chi connectivity index (χ1v) is 3.89. The van der Waals surface area contributed by atoms with Crippen LogP contribution >= 0.6 is 0 Å². The molecule has 0 unspecified atom stereocenters. The van der Waals surface area contributed by atoms with E-state index in [1.165, 1.54) is 5.70 Å². The maximum Gasteiger partial charge on any atom is 0.0846 e. The van der Waals surface area contributed by atoms with Crippen molar-refractivity contribution in [2.24, 2.45) is 5.41 Å². The Labute approximate surface area is 68.4 Å². The van der Waals surface area contributed by atoms with Crippen LogP contribution in [-0.2, 0) is 0 Å². The summed E-state index contributed by atoms with van der Waals surface area (Å²) in [6.45, 7) is 11.2. The van der Waals surface area contributed by atoms with Crippen LogP contribution in [0.3, 0.4) is 0 Å². The molecule has 0 aromatic heterocycles. The monoisotopic (exact) mass is 152 g/mol. The summed E-state index contributed by atoms with van der Waals surface area (Å²) >= 11 is 0. The summed E-state index contributed by atoms with van der Waals surface area (Å²) in [5.74, 6) is 0. The third kappa shape index (κ3) is 2.00. The molecular formula is C9H16N2. The third-order valence-corrected chi connectivity index (χ3v) is 1.72. The first kappa shape index (κ1) is 8.18. The lowest BCUT2D eigenvalue weighted by Crippen LogP contribution is -2.36. The van der Waals surface area contributed by atoms with Crippen LogP contribution in [0.4, 0.5) is 0 Å². The van der Waals surface area contributed by atoms with Crippen molar-refractivity contribution in [1.82, 2.24) is 10.6 Å². The smallest absolute Gasteiger partial charge is 0.0846 e. The van der Waals surface area contributed by atoms with E-state index in [0.717, 1.165) is 12.4 Å². The molecule has 0 radical (unpaired) electrons. The predicted molar refractivity (Wildman–Crippen MR) is 47.8 cm³/mol. The van der Waals surface area contributed by atoms with Gasteiger partial charge in [-0.2, -0.15) is 0 Å². The van der Waals surface area contributed by atoms with Crippen molar-refractivity contribution in [3.8, 4) is 0 Å². The lowest BCUT2D eigenvalue weighted by atomic mass is 9.91. The van der Waals surface area contributed by atoms with Crippen LogP contribution in [0.2, 0.25) is 0 Å². The van der Waals surface area contributed by atoms with Gasteiger partial charge in [-0.25, -0.2) is 0 Å². The highest BCUT2D eigenvalue weighted by atomic mass is 15.1. The van der Waals surface area contributed by atoms with E-state index in [1.54, 1.807) is 0 Å². The average molecular weight is 152 g/mol. The lowest BCUT2D eigenvalue weighted by Gasteiger charge is -2.28. The summed E-state index contributed by atoms with van der Waals surface area (Å²) in [4.78, 5) is 0. The molecule has 11 heavy (non-hydrogen) atoms. The van der Waals surface area contributed by atoms with Crippen LogP contribution in [0.5, 0.6) is 0 Å². The maximum atomic E-state index is 3.85. The second-order valence-electron chi connectivity index (χ2n) is 3.86. The maximum absolute atomic E-state index is 3.85. The number of hydrogen-bond acceptors (Lipinski definition) is 2. The molecule has 62 valence electrons. The fourth-order valence-corrected chi connectivity index (χ4v) is 1.01. The molecule has 0 spiro atoms. The highest BCUT2D eigenvalue weighted by Crippen LogP contribution is 2.24. The highest BCUT2D eigenvalue weighted by molar-refractivity contribution is 5.24. The fourth-order valence-electron chi connectivity index (χ4n) is 1.01. The van der Waals surface area contributed by atoms with Crippen LogP contribution in [0.25, 0.3) is 0 Å². The van der Waals surface area contributed by atoms with E-state index in [-0.39, 0.29) is 5.41 Å². The second kappa shape index (κ2) is 2.61. The van der Waals surface area contributed by atoms with E-state index in [2.05, 4.69) is 44.1 Å². The molecule has 1 aliphatic rings. The predicted octanol–water partition coefficient (Wildman–Crippen LogP) is 1.58. The molecule has 1 aliphatic heterocycles. The summed E-state index contributed by atoms with van der Waals surface area (Å²) in [6.07, 6.45) is 2.06. The van der Waals surface area contributed by atoms with Crippen molar-refractivity contribution >= 4 is 0 Å². The minimum atomic E-state index is 0.199. The van der Waals surface area contributed by atoms with Gasteiger partial charge in [-0.15, -0.1) is 0 Å². The molecule has 0 atom stereocenters. The average Bonchev–Trinajstić information content (AvgIpc) is 1.86. The second-order valence-corrected chi connectivity index (χ2v) is 3.86. The lowest BCUT2D eigenvalue weighted by molar-refractivity contribution is 0.445. The molecule has 0 bridgehead atoms.